The highest BCUT2D eigenvalue weighted by molar-refractivity contribution is 5.85. The number of imidazole rings is 1. The summed E-state index contributed by atoms with van der Waals surface area (Å²) in [5, 5.41) is 6.51. The second-order valence-corrected chi connectivity index (χ2v) is 5.82. The van der Waals surface area contributed by atoms with E-state index in [1.54, 1.807) is 0 Å². The Morgan fingerprint density at radius 1 is 1.39 bits per heavy atom. The molecule has 2 N–H and O–H groups in total. The second kappa shape index (κ2) is 9.11. The molecule has 0 aliphatic carbocycles. The first-order valence-electron chi connectivity index (χ1n) is 7.64. The van der Waals surface area contributed by atoms with Crippen LogP contribution in [0.4, 0.5) is 0 Å². The molecule has 3 rings (SSSR count). The smallest absolute Gasteiger partial charge is 0.222 e. The highest BCUT2D eigenvalue weighted by atomic mass is 35.5. The number of carbonyl (C=O) groups excluding carboxylic acids is 1. The number of aryl methyl sites for hydroxylation is 1. The van der Waals surface area contributed by atoms with Gasteiger partial charge in [0.05, 0.1) is 17.4 Å². The summed E-state index contributed by atoms with van der Waals surface area (Å²) < 4.78 is 2.04. The van der Waals surface area contributed by atoms with Crippen LogP contribution in [0.3, 0.4) is 0 Å². The average molecular weight is 359 g/mol. The first-order chi connectivity index (χ1) is 10.2. The molecule has 5 nitrogen and oxygen atoms in total. The lowest BCUT2D eigenvalue weighted by molar-refractivity contribution is -0.122. The number of rotatable bonds is 4. The molecular formula is C16H24Cl2N4O. The molecule has 1 aliphatic heterocycles. The summed E-state index contributed by atoms with van der Waals surface area (Å²) in [6, 6.07) is 8.30. The standard InChI is InChI=1S/C16H22N4O.2ClH/c1-12-10-17-8-6-13(12)19-16(21)7-9-20-11-18-14-4-2-3-5-15(14)20;;/h2-5,11-13,17H,6-10H2,1H3,(H,19,21);2*1H. The minimum Gasteiger partial charge on any atom is -0.353 e. The van der Waals surface area contributed by atoms with E-state index in [1.165, 1.54) is 0 Å². The number of amides is 1. The van der Waals surface area contributed by atoms with Gasteiger partial charge in [0.25, 0.3) is 0 Å². The number of piperidine rings is 1. The zero-order chi connectivity index (χ0) is 14.7. The van der Waals surface area contributed by atoms with E-state index in [1.807, 2.05) is 35.2 Å². The Kier molecular flexibility index (Phi) is 7.82. The molecule has 1 aromatic carbocycles. The maximum absolute atomic E-state index is 12.1. The largest absolute Gasteiger partial charge is 0.353 e. The summed E-state index contributed by atoms with van der Waals surface area (Å²) in [6.07, 6.45) is 3.32. The third-order valence-corrected chi connectivity index (χ3v) is 4.24. The van der Waals surface area contributed by atoms with Crippen molar-refractivity contribution in [3.8, 4) is 0 Å². The lowest BCUT2D eigenvalue weighted by Gasteiger charge is -2.30. The maximum Gasteiger partial charge on any atom is 0.222 e. The molecule has 1 saturated heterocycles. The minimum atomic E-state index is 0. The molecule has 1 fully saturated rings. The number of aromatic nitrogens is 2. The molecule has 0 saturated carbocycles. The number of fused-ring (bicyclic) bond motifs is 1. The molecule has 1 aromatic heterocycles. The van der Waals surface area contributed by atoms with Crippen molar-refractivity contribution in [2.75, 3.05) is 13.1 Å². The molecule has 23 heavy (non-hydrogen) atoms. The summed E-state index contributed by atoms with van der Waals surface area (Å²) in [7, 11) is 0. The SMILES string of the molecule is CC1CNCCC1NC(=O)CCn1cnc2ccccc21.Cl.Cl. The zero-order valence-corrected chi connectivity index (χ0v) is 14.8. The summed E-state index contributed by atoms with van der Waals surface area (Å²) in [6.45, 7) is 4.82. The molecule has 2 unspecified atom stereocenters. The molecular weight excluding hydrogens is 335 g/mol. The van der Waals surface area contributed by atoms with Crippen LogP contribution >= 0.6 is 24.8 Å². The summed E-state index contributed by atoms with van der Waals surface area (Å²) in [5.74, 6) is 0.628. The van der Waals surface area contributed by atoms with E-state index in [-0.39, 0.29) is 30.7 Å². The molecule has 2 aromatic rings. The van der Waals surface area contributed by atoms with Gasteiger partial charge in [-0.05, 0) is 37.6 Å². The van der Waals surface area contributed by atoms with Crippen LogP contribution in [0.15, 0.2) is 30.6 Å². The van der Waals surface area contributed by atoms with E-state index in [9.17, 15) is 4.79 Å². The average Bonchev–Trinajstić information content (AvgIpc) is 2.91. The Balaban J connectivity index is 0.00000132. The number of nitrogens with zero attached hydrogens (tertiary/aromatic N) is 2. The van der Waals surface area contributed by atoms with Crippen LogP contribution in [-0.2, 0) is 11.3 Å². The van der Waals surface area contributed by atoms with Crippen molar-refractivity contribution in [2.24, 2.45) is 5.92 Å². The quantitative estimate of drug-likeness (QED) is 0.881. The monoisotopic (exact) mass is 358 g/mol. The van der Waals surface area contributed by atoms with Gasteiger partial charge in [-0.2, -0.15) is 0 Å². The maximum atomic E-state index is 12.1. The van der Waals surface area contributed by atoms with Gasteiger partial charge in [-0.3, -0.25) is 4.79 Å². The van der Waals surface area contributed by atoms with E-state index in [2.05, 4.69) is 22.5 Å². The fourth-order valence-corrected chi connectivity index (χ4v) is 2.92. The van der Waals surface area contributed by atoms with Crippen LogP contribution in [0.1, 0.15) is 19.8 Å². The van der Waals surface area contributed by atoms with Crippen LogP contribution < -0.4 is 10.6 Å². The Hall–Kier alpha value is -1.30. The molecule has 2 heterocycles. The molecule has 2 atom stereocenters. The molecule has 1 amide bonds. The Bertz CT molecular complexity index is 631. The first-order valence-corrected chi connectivity index (χ1v) is 7.64. The lowest BCUT2D eigenvalue weighted by Crippen LogP contribution is -2.48. The number of nitrogens with one attached hydrogen (secondary N) is 2. The molecule has 1 aliphatic rings. The number of carbonyl (C=O) groups is 1. The predicted molar refractivity (Wildman–Crippen MR) is 97.4 cm³/mol. The molecule has 128 valence electrons. The topological polar surface area (TPSA) is 58.9 Å². The number of halogens is 2. The summed E-state index contributed by atoms with van der Waals surface area (Å²) in [4.78, 5) is 16.5. The Labute approximate surface area is 149 Å². The van der Waals surface area contributed by atoms with E-state index in [4.69, 9.17) is 0 Å². The van der Waals surface area contributed by atoms with Crippen molar-refractivity contribution in [3.05, 3.63) is 30.6 Å². The van der Waals surface area contributed by atoms with Gasteiger partial charge in [-0.25, -0.2) is 4.98 Å². The molecule has 0 spiro atoms. The van der Waals surface area contributed by atoms with Crippen molar-refractivity contribution in [2.45, 2.75) is 32.4 Å². The van der Waals surface area contributed by atoms with E-state index >= 15 is 0 Å². The van der Waals surface area contributed by atoms with Crippen LogP contribution in [-0.4, -0.2) is 34.6 Å². The van der Waals surface area contributed by atoms with Crippen molar-refractivity contribution in [1.29, 1.82) is 0 Å². The fourth-order valence-electron chi connectivity index (χ4n) is 2.92. The Morgan fingerprint density at radius 3 is 2.96 bits per heavy atom. The van der Waals surface area contributed by atoms with E-state index < -0.39 is 0 Å². The number of hydrogen-bond acceptors (Lipinski definition) is 3. The third-order valence-electron chi connectivity index (χ3n) is 4.24. The van der Waals surface area contributed by atoms with Crippen molar-refractivity contribution in [1.82, 2.24) is 20.2 Å². The highest BCUT2D eigenvalue weighted by Gasteiger charge is 2.22. The fraction of sp³-hybridized carbons (Fsp3) is 0.500. The van der Waals surface area contributed by atoms with Gasteiger partial charge in [0.1, 0.15) is 0 Å². The highest BCUT2D eigenvalue weighted by Crippen LogP contribution is 2.13. The van der Waals surface area contributed by atoms with Crippen LogP contribution in [0, 0.1) is 5.92 Å². The van der Waals surface area contributed by atoms with Crippen LogP contribution in [0.25, 0.3) is 11.0 Å². The van der Waals surface area contributed by atoms with Crippen LogP contribution in [0.5, 0.6) is 0 Å². The van der Waals surface area contributed by atoms with Gasteiger partial charge in [0.2, 0.25) is 5.91 Å². The minimum absolute atomic E-state index is 0. The zero-order valence-electron chi connectivity index (χ0n) is 13.2. The van der Waals surface area contributed by atoms with Crippen molar-refractivity contribution in [3.63, 3.8) is 0 Å². The van der Waals surface area contributed by atoms with Gasteiger partial charge >= 0.3 is 0 Å². The van der Waals surface area contributed by atoms with Crippen molar-refractivity contribution >= 4 is 41.8 Å². The van der Waals surface area contributed by atoms with Gasteiger partial charge in [0, 0.05) is 19.0 Å². The number of benzene rings is 1. The van der Waals surface area contributed by atoms with Crippen molar-refractivity contribution < 1.29 is 4.79 Å². The first kappa shape index (κ1) is 19.7. The normalized spacial score (nSPS) is 20.4. The van der Waals surface area contributed by atoms with E-state index in [0.717, 1.165) is 30.5 Å². The van der Waals surface area contributed by atoms with Gasteiger partial charge in [-0.1, -0.05) is 19.1 Å². The van der Waals surface area contributed by atoms with Gasteiger partial charge in [0.15, 0.2) is 0 Å². The third kappa shape index (κ3) is 4.83. The summed E-state index contributed by atoms with van der Waals surface area (Å²) >= 11 is 0. The molecule has 0 radical (unpaired) electrons. The van der Waals surface area contributed by atoms with E-state index in [0.29, 0.717) is 24.9 Å². The Morgan fingerprint density at radius 2 is 2.17 bits per heavy atom. The number of para-hydroxylation sites is 2. The lowest BCUT2D eigenvalue weighted by atomic mass is 9.95. The molecule has 0 bridgehead atoms. The second-order valence-electron chi connectivity index (χ2n) is 5.82. The van der Waals surface area contributed by atoms with Gasteiger partial charge < -0.3 is 15.2 Å². The number of hydrogen-bond donors (Lipinski definition) is 2. The predicted octanol–water partition coefficient (Wildman–Crippen LogP) is 2.38. The molecule has 7 heteroatoms. The summed E-state index contributed by atoms with van der Waals surface area (Å²) in [5.41, 5.74) is 2.06. The van der Waals surface area contributed by atoms with Gasteiger partial charge in [-0.15, -0.1) is 24.8 Å². The van der Waals surface area contributed by atoms with Crippen LogP contribution in [0.2, 0.25) is 0 Å².